The van der Waals surface area contributed by atoms with E-state index in [1.165, 1.54) is 12.1 Å². The lowest BCUT2D eigenvalue weighted by molar-refractivity contribution is 0.243. The summed E-state index contributed by atoms with van der Waals surface area (Å²) in [4.78, 5) is 4.44. The predicted molar refractivity (Wildman–Crippen MR) is 91.3 cm³/mol. The highest BCUT2D eigenvalue weighted by Crippen LogP contribution is 2.22. The first-order chi connectivity index (χ1) is 12.0. The molecule has 4 nitrogen and oxygen atoms in total. The molecule has 1 saturated heterocycles. The zero-order valence-electron chi connectivity index (χ0n) is 14.0. The molecule has 0 aromatic heterocycles. The van der Waals surface area contributed by atoms with E-state index in [-0.39, 0.29) is 11.5 Å². The molecule has 134 valence electrons. The van der Waals surface area contributed by atoms with Crippen molar-refractivity contribution < 1.29 is 19.0 Å². The van der Waals surface area contributed by atoms with Gasteiger partial charge in [-0.05, 0) is 31.6 Å². The number of halogens is 2. The predicted octanol–water partition coefficient (Wildman–Crippen LogP) is 3.08. The molecule has 6 heteroatoms. The third-order valence-electron chi connectivity index (χ3n) is 4.56. The second kappa shape index (κ2) is 7.80. The number of hydrogen-bond acceptors (Lipinski definition) is 4. The SMILES string of the molecule is Oc1cc(F)ccc1CN1CCCN(Cc2ccc(F)cc2O)CC1. The molecule has 2 aromatic rings. The van der Waals surface area contributed by atoms with Gasteiger partial charge in [0.05, 0.1) is 0 Å². The van der Waals surface area contributed by atoms with Crippen LogP contribution < -0.4 is 0 Å². The van der Waals surface area contributed by atoms with Crippen LogP contribution in [0.4, 0.5) is 8.78 Å². The van der Waals surface area contributed by atoms with Gasteiger partial charge in [0.1, 0.15) is 23.1 Å². The maximum absolute atomic E-state index is 13.1. The highest BCUT2D eigenvalue weighted by Gasteiger charge is 2.17. The molecule has 25 heavy (non-hydrogen) atoms. The quantitative estimate of drug-likeness (QED) is 0.891. The Morgan fingerprint density at radius 1 is 0.720 bits per heavy atom. The zero-order chi connectivity index (χ0) is 17.8. The van der Waals surface area contributed by atoms with E-state index in [2.05, 4.69) is 9.80 Å². The van der Waals surface area contributed by atoms with Gasteiger partial charge >= 0.3 is 0 Å². The summed E-state index contributed by atoms with van der Waals surface area (Å²) in [6, 6.07) is 8.22. The van der Waals surface area contributed by atoms with Crippen LogP contribution >= 0.6 is 0 Å². The van der Waals surface area contributed by atoms with Crippen LogP contribution in [0.2, 0.25) is 0 Å². The van der Waals surface area contributed by atoms with Crippen LogP contribution in [0, 0.1) is 11.6 Å². The lowest BCUT2D eigenvalue weighted by atomic mass is 10.2. The molecule has 2 N–H and O–H groups in total. The van der Waals surface area contributed by atoms with Crippen molar-refractivity contribution in [1.29, 1.82) is 0 Å². The smallest absolute Gasteiger partial charge is 0.126 e. The van der Waals surface area contributed by atoms with Gasteiger partial charge in [-0.3, -0.25) is 9.80 Å². The van der Waals surface area contributed by atoms with Gasteiger partial charge in [-0.2, -0.15) is 0 Å². The van der Waals surface area contributed by atoms with Crippen LogP contribution in [0.3, 0.4) is 0 Å². The molecule has 0 aliphatic carbocycles. The summed E-state index contributed by atoms with van der Waals surface area (Å²) in [6.45, 7) is 4.51. The fraction of sp³-hybridized carbons (Fsp3) is 0.368. The molecule has 0 radical (unpaired) electrons. The van der Waals surface area contributed by atoms with Crippen molar-refractivity contribution in [3.05, 3.63) is 59.2 Å². The number of phenolic OH excluding ortho intramolecular Hbond substituents is 2. The van der Waals surface area contributed by atoms with E-state index in [4.69, 9.17) is 0 Å². The minimum atomic E-state index is -0.442. The van der Waals surface area contributed by atoms with Gasteiger partial charge in [-0.25, -0.2) is 8.78 Å². The Morgan fingerprint density at radius 3 is 1.56 bits per heavy atom. The lowest BCUT2D eigenvalue weighted by Gasteiger charge is -2.22. The number of rotatable bonds is 4. The molecule has 1 fully saturated rings. The average Bonchev–Trinajstić information content (AvgIpc) is 2.78. The summed E-state index contributed by atoms with van der Waals surface area (Å²) in [5.41, 5.74) is 1.43. The van der Waals surface area contributed by atoms with Crippen molar-refractivity contribution in [1.82, 2.24) is 9.80 Å². The summed E-state index contributed by atoms with van der Waals surface area (Å²) in [5, 5.41) is 19.7. The first-order valence-corrected chi connectivity index (χ1v) is 8.41. The van der Waals surface area contributed by atoms with E-state index in [0.29, 0.717) is 24.2 Å². The topological polar surface area (TPSA) is 46.9 Å². The van der Waals surface area contributed by atoms with Crippen molar-refractivity contribution >= 4 is 0 Å². The number of benzene rings is 2. The summed E-state index contributed by atoms with van der Waals surface area (Å²) >= 11 is 0. The second-order valence-corrected chi connectivity index (χ2v) is 6.45. The van der Waals surface area contributed by atoms with Crippen LogP contribution in [0.25, 0.3) is 0 Å². The van der Waals surface area contributed by atoms with Gasteiger partial charge in [0.15, 0.2) is 0 Å². The van der Waals surface area contributed by atoms with Gasteiger partial charge in [-0.15, -0.1) is 0 Å². The van der Waals surface area contributed by atoms with E-state index in [1.54, 1.807) is 12.1 Å². The van der Waals surface area contributed by atoms with Gasteiger partial charge in [0, 0.05) is 49.4 Å². The van der Waals surface area contributed by atoms with Crippen molar-refractivity contribution in [2.45, 2.75) is 19.5 Å². The normalized spacial score (nSPS) is 16.7. The first kappa shape index (κ1) is 17.6. The average molecular weight is 348 g/mol. The molecule has 0 bridgehead atoms. The molecule has 0 amide bonds. The van der Waals surface area contributed by atoms with E-state index in [1.807, 2.05) is 0 Å². The van der Waals surface area contributed by atoms with Crippen molar-refractivity contribution in [3.8, 4) is 11.5 Å². The number of nitrogens with zero attached hydrogens (tertiary/aromatic N) is 2. The molecule has 1 aliphatic heterocycles. The molecule has 0 spiro atoms. The second-order valence-electron chi connectivity index (χ2n) is 6.45. The Hall–Kier alpha value is -2.18. The largest absolute Gasteiger partial charge is 0.508 e. The Kier molecular flexibility index (Phi) is 5.50. The standard InChI is InChI=1S/C19H22F2N2O2/c20-16-4-2-14(18(24)10-16)12-22-6-1-7-23(9-8-22)13-15-3-5-17(21)11-19(15)25/h2-5,10-11,24-25H,1,6-9,12-13H2. The Morgan fingerprint density at radius 2 is 1.16 bits per heavy atom. The van der Waals surface area contributed by atoms with E-state index < -0.39 is 11.6 Å². The minimum absolute atomic E-state index is 0.0164. The number of phenols is 2. The van der Waals surface area contributed by atoms with E-state index in [9.17, 15) is 19.0 Å². The van der Waals surface area contributed by atoms with Gasteiger partial charge in [-0.1, -0.05) is 12.1 Å². The Labute approximate surface area is 145 Å². The molecular formula is C19H22F2N2O2. The molecular weight excluding hydrogens is 326 g/mol. The molecule has 2 aromatic carbocycles. The highest BCUT2D eigenvalue weighted by molar-refractivity contribution is 5.33. The third kappa shape index (κ3) is 4.67. The molecule has 1 aliphatic rings. The molecule has 0 unspecified atom stereocenters. The van der Waals surface area contributed by atoms with Crippen LogP contribution in [0.5, 0.6) is 11.5 Å². The number of aromatic hydroxyl groups is 2. The summed E-state index contributed by atoms with van der Waals surface area (Å²) in [5.74, 6) is -0.917. The lowest BCUT2D eigenvalue weighted by Crippen LogP contribution is -2.30. The van der Waals surface area contributed by atoms with Crippen LogP contribution in [-0.2, 0) is 13.1 Å². The minimum Gasteiger partial charge on any atom is -0.508 e. The molecule has 3 rings (SSSR count). The fourth-order valence-electron chi connectivity index (χ4n) is 3.16. The van der Waals surface area contributed by atoms with Crippen LogP contribution in [0.1, 0.15) is 17.5 Å². The monoisotopic (exact) mass is 348 g/mol. The van der Waals surface area contributed by atoms with Gasteiger partial charge in [0.2, 0.25) is 0 Å². The zero-order valence-corrected chi connectivity index (χ0v) is 14.0. The Bertz CT molecular complexity index is 678. The summed E-state index contributed by atoms with van der Waals surface area (Å²) < 4.78 is 26.2. The summed E-state index contributed by atoms with van der Waals surface area (Å²) in [7, 11) is 0. The van der Waals surface area contributed by atoms with Crippen molar-refractivity contribution in [2.24, 2.45) is 0 Å². The van der Waals surface area contributed by atoms with Crippen LogP contribution in [0.15, 0.2) is 36.4 Å². The third-order valence-corrected chi connectivity index (χ3v) is 4.56. The van der Waals surface area contributed by atoms with Crippen molar-refractivity contribution in [3.63, 3.8) is 0 Å². The van der Waals surface area contributed by atoms with Crippen LogP contribution in [-0.4, -0.2) is 46.2 Å². The fourth-order valence-corrected chi connectivity index (χ4v) is 3.16. The molecule has 1 heterocycles. The van der Waals surface area contributed by atoms with Gasteiger partial charge in [0.25, 0.3) is 0 Å². The first-order valence-electron chi connectivity index (χ1n) is 8.41. The summed E-state index contributed by atoms with van der Waals surface area (Å²) in [6.07, 6.45) is 0.948. The van der Waals surface area contributed by atoms with Gasteiger partial charge < -0.3 is 10.2 Å². The van der Waals surface area contributed by atoms with E-state index >= 15 is 0 Å². The van der Waals surface area contributed by atoms with E-state index in [0.717, 1.165) is 44.7 Å². The highest BCUT2D eigenvalue weighted by atomic mass is 19.1. The van der Waals surface area contributed by atoms with Crippen molar-refractivity contribution in [2.75, 3.05) is 26.2 Å². The maximum Gasteiger partial charge on any atom is 0.126 e. The maximum atomic E-state index is 13.1. The molecule has 0 atom stereocenters. The molecule has 0 saturated carbocycles. The Balaban J connectivity index is 1.58. The number of hydrogen-bond donors (Lipinski definition) is 2.